The molecule has 2 nitrogen and oxygen atoms in total. The van der Waals surface area contributed by atoms with Crippen molar-refractivity contribution in [3.63, 3.8) is 0 Å². The Morgan fingerprint density at radius 3 is 2.27 bits per heavy atom. The Bertz CT molecular complexity index is 130. The quantitative estimate of drug-likeness (QED) is 0.574. The van der Waals surface area contributed by atoms with Gasteiger partial charge < -0.3 is 10.6 Å². The summed E-state index contributed by atoms with van der Waals surface area (Å²) >= 11 is 0. The molecule has 15 heavy (non-hydrogen) atoms. The molecule has 0 saturated heterocycles. The maximum absolute atomic E-state index is 3.51. The van der Waals surface area contributed by atoms with Crippen molar-refractivity contribution < 1.29 is 0 Å². The summed E-state index contributed by atoms with van der Waals surface area (Å²) in [4.78, 5) is 0. The lowest BCUT2D eigenvalue weighted by Gasteiger charge is -2.09. The molecule has 0 aromatic carbocycles. The second kappa shape index (κ2) is 9.17. The van der Waals surface area contributed by atoms with Gasteiger partial charge in [-0.25, -0.2) is 0 Å². The molecule has 0 spiro atoms. The zero-order valence-electron chi connectivity index (χ0n) is 10.4. The first-order valence-corrected chi connectivity index (χ1v) is 6.85. The molecule has 1 fully saturated rings. The van der Waals surface area contributed by atoms with Crippen molar-refractivity contribution in [2.75, 3.05) is 26.2 Å². The summed E-state index contributed by atoms with van der Waals surface area (Å²) in [5, 5.41) is 6.91. The highest BCUT2D eigenvalue weighted by Crippen LogP contribution is 2.28. The topological polar surface area (TPSA) is 24.1 Å². The summed E-state index contributed by atoms with van der Waals surface area (Å²) in [7, 11) is 0. The van der Waals surface area contributed by atoms with Crippen LogP contribution < -0.4 is 10.6 Å². The average Bonchev–Trinajstić information content (AvgIpc) is 2.75. The van der Waals surface area contributed by atoms with Crippen LogP contribution in [0.15, 0.2) is 0 Å². The van der Waals surface area contributed by atoms with Crippen molar-refractivity contribution in [3.8, 4) is 0 Å². The van der Waals surface area contributed by atoms with Crippen LogP contribution in [0.3, 0.4) is 0 Å². The molecule has 2 heteroatoms. The first-order chi connectivity index (χ1) is 7.43. The SMILES string of the molecule is CCCNCCNCCCC1CCCC1. The van der Waals surface area contributed by atoms with Crippen LogP contribution in [0.5, 0.6) is 0 Å². The van der Waals surface area contributed by atoms with Gasteiger partial charge in [-0.1, -0.05) is 32.6 Å². The standard InChI is InChI=1S/C13H28N2/c1-2-9-14-11-12-15-10-5-8-13-6-3-4-7-13/h13-15H,2-12H2,1H3. The van der Waals surface area contributed by atoms with Gasteiger partial charge in [-0.05, 0) is 38.3 Å². The van der Waals surface area contributed by atoms with Gasteiger partial charge in [-0.15, -0.1) is 0 Å². The lowest BCUT2D eigenvalue weighted by molar-refractivity contribution is 0.469. The highest BCUT2D eigenvalue weighted by molar-refractivity contribution is 4.67. The van der Waals surface area contributed by atoms with Crippen LogP contribution in [0.1, 0.15) is 51.9 Å². The van der Waals surface area contributed by atoms with E-state index in [0.29, 0.717) is 0 Å². The molecule has 2 N–H and O–H groups in total. The van der Waals surface area contributed by atoms with E-state index in [1.165, 1.54) is 51.5 Å². The van der Waals surface area contributed by atoms with Crippen molar-refractivity contribution in [3.05, 3.63) is 0 Å². The maximum Gasteiger partial charge on any atom is 0.00767 e. The van der Waals surface area contributed by atoms with Gasteiger partial charge in [0.25, 0.3) is 0 Å². The molecule has 0 aliphatic heterocycles. The molecule has 0 radical (unpaired) electrons. The Balaban J connectivity index is 1.73. The average molecular weight is 212 g/mol. The number of hydrogen-bond acceptors (Lipinski definition) is 2. The highest BCUT2D eigenvalue weighted by Gasteiger charge is 2.13. The van der Waals surface area contributed by atoms with E-state index in [4.69, 9.17) is 0 Å². The Labute approximate surface area is 95.2 Å². The fourth-order valence-electron chi connectivity index (χ4n) is 2.42. The van der Waals surface area contributed by atoms with Gasteiger partial charge in [0.2, 0.25) is 0 Å². The molecule has 1 aliphatic carbocycles. The van der Waals surface area contributed by atoms with E-state index in [1.807, 2.05) is 0 Å². The molecule has 0 amide bonds. The van der Waals surface area contributed by atoms with Crippen LogP contribution in [0.4, 0.5) is 0 Å². The molecule has 1 aliphatic rings. The number of hydrogen-bond donors (Lipinski definition) is 2. The Morgan fingerprint density at radius 2 is 1.60 bits per heavy atom. The third-order valence-electron chi connectivity index (χ3n) is 3.35. The zero-order valence-corrected chi connectivity index (χ0v) is 10.4. The van der Waals surface area contributed by atoms with Gasteiger partial charge >= 0.3 is 0 Å². The van der Waals surface area contributed by atoms with E-state index < -0.39 is 0 Å². The summed E-state index contributed by atoms with van der Waals surface area (Å²) in [5.41, 5.74) is 0. The van der Waals surface area contributed by atoms with Crippen molar-refractivity contribution in [2.45, 2.75) is 51.9 Å². The predicted molar refractivity (Wildman–Crippen MR) is 67.2 cm³/mol. The Hall–Kier alpha value is -0.0800. The van der Waals surface area contributed by atoms with E-state index in [0.717, 1.165) is 25.6 Å². The Kier molecular flexibility index (Phi) is 7.94. The summed E-state index contributed by atoms with van der Waals surface area (Å²) in [5.74, 6) is 1.06. The predicted octanol–water partition coefficient (Wildman–Crippen LogP) is 2.55. The highest BCUT2D eigenvalue weighted by atomic mass is 14.9. The fourth-order valence-corrected chi connectivity index (χ4v) is 2.42. The smallest absolute Gasteiger partial charge is 0.00767 e. The van der Waals surface area contributed by atoms with E-state index >= 15 is 0 Å². The molecular weight excluding hydrogens is 184 g/mol. The number of rotatable bonds is 9. The molecule has 0 aromatic heterocycles. The summed E-state index contributed by atoms with van der Waals surface area (Å²) in [6.07, 6.45) is 10.0. The van der Waals surface area contributed by atoms with Crippen LogP contribution in [-0.4, -0.2) is 26.2 Å². The van der Waals surface area contributed by atoms with Crippen molar-refractivity contribution in [2.24, 2.45) is 5.92 Å². The first-order valence-electron chi connectivity index (χ1n) is 6.85. The van der Waals surface area contributed by atoms with Crippen LogP contribution in [0.25, 0.3) is 0 Å². The van der Waals surface area contributed by atoms with Gasteiger partial charge in [-0.3, -0.25) is 0 Å². The molecular formula is C13H28N2. The van der Waals surface area contributed by atoms with Crippen LogP contribution in [0.2, 0.25) is 0 Å². The largest absolute Gasteiger partial charge is 0.315 e. The summed E-state index contributed by atoms with van der Waals surface area (Å²) in [6.45, 7) is 6.83. The second-order valence-corrected chi connectivity index (χ2v) is 4.79. The van der Waals surface area contributed by atoms with E-state index in [9.17, 15) is 0 Å². The Morgan fingerprint density at radius 1 is 0.933 bits per heavy atom. The van der Waals surface area contributed by atoms with Crippen LogP contribution >= 0.6 is 0 Å². The second-order valence-electron chi connectivity index (χ2n) is 4.79. The summed E-state index contributed by atoms with van der Waals surface area (Å²) in [6, 6.07) is 0. The molecule has 0 unspecified atom stereocenters. The van der Waals surface area contributed by atoms with Gasteiger partial charge in [0, 0.05) is 13.1 Å². The third kappa shape index (κ3) is 6.91. The van der Waals surface area contributed by atoms with Crippen molar-refractivity contribution in [1.82, 2.24) is 10.6 Å². The molecule has 1 saturated carbocycles. The third-order valence-corrected chi connectivity index (χ3v) is 3.35. The summed E-state index contributed by atoms with van der Waals surface area (Å²) < 4.78 is 0. The lowest BCUT2D eigenvalue weighted by atomic mass is 10.0. The molecule has 0 aromatic rings. The first kappa shape index (κ1) is 13.0. The van der Waals surface area contributed by atoms with Crippen LogP contribution in [-0.2, 0) is 0 Å². The minimum absolute atomic E-state index is 1.06. The van der Waals surface area contributed by atoms with Gasteiger partial charge in [-0.2, -0.15) is 0 Å². The fraction of sp³-hybridized carbons (Fsp3) is 1.00. The van der Waals surface area contributed by atoms with Gasteiger partial charge in [0.05, 0.1) is 0 Å². The minimum Gasteiger partial charge on any atom is -0.315 e. The molecule has 90 valence electrons. The lowest BCUT2D eigenvalue weighted by Crippen LogP contribution is -2.28. The van der Waals surface area contributed by atoms with E-state index in [-0.39, 0.29) is 0 Å². The molecule has 0 heterocycles. The number of nitrogens with one attached hydrogen (secondary N) is 2. The van der Waals surface area contributed by atoms with E-state index in [2.05, 4.69) is 17.6 Å². The minimum atomic E-state index is 1.06. The van der Waals surface area contributed by atoms with E-state index in [1.54, 1.807) is 0 Å². The van der Waals surface area contributed by atoms with Crippen molar-refractivity contribution >= 4 is 0 Å². The maximum atomic E-state index is 3.51. The van der Waals surface area contributed by atoms with Gasteiger partial charge in [0.15, 0.2) is 0 Å². The van der Waals surface area contributed by atoms with Crippen molar-refractivity contribution in [1.29, 1.82) is 0 Å². The molecule has 0 atom stereocenters. The van der Waals surface area contributed by atoms with Gasteiger partial charge in [0.1, 0.15) is 0 Å². The molecule has 1 rings (SSSR count). The zero-order chi connectivity index (χ0) is 10.8. The molecule has 0 bridgehead atoms. The monoisotopic (exact) mass is 212 g/mol. The van der Waals surface area contributed by atoms with Crippen LogP contribution in [0, 0.1) is 5.92 Å². The normalized spacial score (nSPS) is 17.4.